The van der Waals surface area contributed by atoms with Crippen molar-refractivity contribution in [3.63, 3.8) is 0 Å². The number of rotatable bonds is 9. The number of carbonyl (C=O) groups excluding carboxylic acids is 1. The van der Waals surface area contributed by atoms with Crippen molar-refractivity contribution >= 4 is 38.9 Å². The van der Waals surface area contributed by atoms with Crippen LogP contribution in [0.5, 0.6) is 0 Å². The van der Waals surface area contributed by atoms with Crippen molar-refractivity contribution in [1.82, 2.24) is 9.13 Å². The van der Waals surface area contributed by atoms with Crippen LogP contribution in [0.3, 0.4) is 0 Å². The molecule has 0 aliphatic carbocycles. The SMILES string of the molecule is CCOC(=O)/C=C\n1c(=O)c(C)cn([C@@H]2OC(CO[Si](C)(C)C(C)(C)C)C3(OS(=O)(=O)C=C3N)[C@H]2O[Si](C)(C)C(C)(C)C)c1=O. The molecule has 0 radical (unpaired) electrons. The predicted octanol–water partition coefficient (Wildman–Crippen LogP) is 3.56. The molecule has 3 heterocycles. The smallest absolute Gasteiger partial charge is 0.337 e. The Morgan fingerprint density at radius 3 is 2.16 bits per heavy atom. The highest BCUT2D eigenvalue weighted by atomic mass is 32.2. The van der Waals surface area contributed by atoms with Crippen LogP contribution in [0.2, 0.25) is 36.3 Å². The number of carbonyl (C=O) groups is 1. The first-order valence-electron chi connectivity index (χ1n) is 14.9. The van der Waals surface area contributed by atoms with Crippen LogP contribution < -0.4 is 17.0 Å². The van der Waals surface area contributed by atoms with E-state index in [0.717, 1.165) is 26.8 Å². The molecule has 0 aromatic carbocycles. The number of hydrogen-bond donors (Lipinski definition) is 1. The van der Waals surface area contributed by atoms with E-state index in [-0.39, 0.29) is 34.6 Å². The zero-order valence-corrected chi connectivity index (χ0v) is 31.2. The standard InChI is InChI=1S/C29H49N3O10SSi2/c1-13-38-22(33)14-15-31-24(34)19(2)16-32(26(31)35)25-23(41-45(11,12)28(6,7)8)29(20(30)18-43(36,37)42-29)21(40-25)17-39-44(9,10)27(3,4)5/h14-16,18,21,23,25H,13,17,30H2,1-12H3/b15-14-/t21?,23-,25+,29?/m0/s1. The van der Waals surface area contributed by atoms with Gasteiger partial charge in [-0.1, -0.05) is 41.5 Å². The molecule has 254 valence electrons. The van der Waals surface area contributed by atoms with Gasteiger partial charge in [0.25, 0.3) is 15.7 Å². The topological polar surface area (TPSA) is 167 Å². The van der Waals surface area contributed by atoms with Crippen LogP contribution in [0.1, 0.15) is 60.3 Å². The number of aryl methyl sites for hydroxylation is 1. The van der Waals surface area contributed by atoms with Gasteiger partial charge < -0.3 is 24.1 Å². The molecule has 1 fully saturated rings. The summed E-state index contributed by atoms with van der Waals surface area (Å²) in [7, 11) is -9.43. The highest BCUT2D eigenvalue weighted by Crippen LogP contribution is 2.52. The van der Waals surface area contributed by atoms with Gasteiger partial charge in [0.15, 0.2) is 28.5 Å². The Morgan fingerprint density at radius 1 is 1.09 bits per heavy atom. The minimum atomic E-state index is -4.27. The third-order valence-electron chi connectivity index (χ3n) is 9.31. The second-order valence-corrected chi connectivity index (χ2v) is 25.5. The van der Waals surface area contributed by atoms with E-state index in [9.17, 15) is 22.8 Å². The molecule has 2 N–H and O–H groups in total. The van der Waals surface area contributed by atoms with Crippen LogP contribution in [-0.2, 0) is 37.4 Å². The van der Waals surface area contributed by atoms with Gasteiger partial charge >= 0.3 is 11.7 Å². The van der Waals surface area contributed by atoms with E-state index in [0.29, 0.717) is 0 Å². The van der Waals surface area contributed by atoms with Gasteiger partial charge in [0.2, 0.25) is 0 Å². The predicted molar refractivity (Wildman–Crippen MR) is 176 cm³/mol. The molecular weight excluding hydrogens is 639 g/mol. The van der Waals surface area contributed by atoms with Gasteiger partial charge in [-0.15, -0.1) is 0 Å². The summed E-state index contributed by atoms with van der Waals surface area (Å²) in [6.07, 6.45) is -0.357. The first-order chi connectivity index (χ1) is 20.3. The van der Waals surface area contributed by atoms with Gasteiger partial charge in [0.05, 0.1) is 24.3 Å². The Labute approximate surface area is 267 Å². The maximum atomic E-state index is 13.9. The van der Waals surface area contributed by atoms with Gasteiger partial charge in [-0.25, -0.2) is 18.3 Å². The highest BCUT2D eigenvalue weighted by molar-refractivity contribution is 7.90. The maximum Gasteiger partial charge on any atom is 0.337 e. The first-order valence-corrected chi connectivity index (χ1v) is 22.2. The van der Waals surface area contributed by atoms with Crippen molar-refractivity contribution in [1.29, 1.82) is 0 Å². The average Bonchev–Trinajstić information content (AvgIpc) is 3.30. The molecule has 2 unspecified atom stereocenters. The molecule has 16 heteroatoms. The molecule has 1 saturated heterocycles. The van der Waals surface area contributed by atoms with Gasteiger partial charge in [-0.3, -0.25) is 9.36 Å². The van der Waals surface area contributed by atoms with Gasteiger partial charge in [-0.05, 0) is 50.1 Å². The van der Waals surface area contributed by atoms with Crippen LogP contribution in [0.25, 0.3) is 6.20 Å². The lowest BCUT2D eigenvalue weighted by molar-refractivity contribution is -0.137. The molecule has 1 spiro atoms. The van der Waals surface area contributed by atoms with Crippen LogP contribution in [0.15, 0.2) is 33.0 Å². The van der Waals surface area contributed by atoms with E-state index < -0.39 is 68.0 Å². The quantitative estimate of drug-likeness (QED) is 0.174. The van der Waals surface area contributed by atoms with Gasteiger partial charge in [-0.2, -0.15) is 8.42 Å². The molecule has 45 heavy (non-hydrogen) atoms. The summed E-state index contributed by atoms with van der Waals surface area (Å²) < 4.78 is 58.6. The van der Waals surface area contributed by atoms with Crippen LogP contribution >= 0.6 is 0 Å². The molecule has 2 aliphatic heterocycles. The van der Waals surface area contributed by atoms with Crippen molar-refractivity contribution < 1.29 is 35.7 Å². The second kappa shape index (κ2) is 12.4. The molecule has 1 aromatic heterocycles. The van der Waals surface area contributed by atoms with Gasteiger partial charge in [0, 0.05) is 24.0 Å². The first kappa shape index (κ1) is 37.1. The summed E-state index contributed by atoms with van der Waals surface area (Å²) in [5.41, 5.74) is 3.13. The number of nitrogens with two attached hydrogens (primary N) is 1. The van der Waals surface area contributed by atoms with Gasteiger partial charge in [0.1, 0.15) is 12.2 Å². The zero-order chi connectivity index (χ0) is 34.6. The number of hydrogen-bond acceptors (Lipinski definition) is 11. The monoisotopic (exact) mass is 687 g/mol. The summed E-state index contributed by atoms with van der Waals surface area (Å²) >= 11 is 0. The lowest BCUT2D eigenvalue weighted by Gasteiger charge is -2.43. The molecule has 0 amide bonds. The molecule has 0 bridgehead atoms. The highest BCUT2D eigenvalue weighted by Gasteiger charge is 2.67. The Bertz CT molecular complexity index is 1600. The number of esters is 1. The molecule has 4 atom stereocenters. The molecule has 1 aromatic rings. The van der Waals surface area contributed by atoms with E-state index in [1.807, 2.05) is 47.0 Å². The van der Waals surface area contributed by atoms with E-state index in [2.05, 4.69) is 20.8 Å². The molecule has 3 rings (SSSR count). The third-order valence-corrected chi connectivity index (χ3v) is 19.3. The fourth-order valence-electron chi connectivity index (χ4n) is 4.57. The summed E-state index contributed by atoms with van der Waals surface area (Å²) in [6.45, 7) is 23.4. The molecule has 13 nitrogen and oxygen atoms in total. The minimum Gasteiger partial charge on any atom is -0.463 e. The lowest BCUT2D eigenvalue weighted by Crippen LogP contribution is -2.59. The molecular formula is C29H49N3O10SSi2. The Hall–Kier alpha value is -2.35. The number of aromatic nitrogens is 2. The van der Waals surface area contributed by atoms with Crippen molar-refractivity contribution in [2.24, 2.45) is 5.73 Å². The fraction of sp³-hybridized carbons (Fsp3) is 0.690. The maximum absolute atomic E-state index is 13.9. The van der Waals surface area contributed by atoms with Crippen molar-refractivity contribution in [3.8, 4) is 0 Å². The van der Waals surface area contributed by atoms with Crippen molar-refractivity contribution in [2.45, 2.75) is 116 Å². The largest absolute Gasteiger partial charge is 0.463 e. The second-order valence-electron chi connectivity index (χ2n) is 14.6. The van der Waals surface area contributed by atoms with Crippen molar-refractivity contribution in [2.75, 3.05) is 13.2 Å². The Kier molecular flexibility index (Phi) is 10.2. The third kappa shape index (κ3) is 7.16. The van der Waals surface area contributed by atoms with E-state index in [4.69, 9.17) is 28.2 Å². The minimum absolute atomic E-state index is 0.107. The number of ether oxygens (including phenoxy) is 2. The Morgan fingerprint density at radius 2 is 1.67 bits per heavy atom. The average molecular weight is 688 g/mol. The Balaban J connectivity index is 2.31. The van der Waals surface area contributed by atoms with E-state index in [1.165, 1.54) is 13.1 Å². The summed E-state index contributed by atoms with van der Waals surface area (Å²) in [4.78, 5) is 39.0. The molecule has 0 saturated carbocycles. The fourth-order valence-corrected chi connectivity index (χ4v) is 8.08. The van der Waals surface area contributed by atoms with Crippen molar-refractivity contribution in [3.05, 3.63) is 49.8 Å². The number of nitrogens with zero attached hydrogens (tertiary/aromatic N) is 2. The lowest BCUT2D eigenvalue weighted by atomic mass is 9.89. The summed E-state index contributed by atoms with van der Waals surface area (Å²) in [6, 6.07) is 0. The van der Waals surface area contributed by atoms with Crippen LogP contribution in [-0.4, -0.2) is 71.2 Å². The van der Waals surface area contributed by atoms with Crippen LogP contribution in [0.4, 0.5) is 0 Å². The normalized spacial score (nSPS) is 25.7. The zero-order valence-electron chi connectivity index (χ0n) is 28.4. The van der Waals surface area contributed by atoms with E-state index in [1.54, 1.807) is 6.92 Å². The van der Waals surface area contributed by atoms with Crippen LogP contribution in [0, 0.1) is 6.92 Å². The van der Waals surface area contributed by atoms with E-state index >= 15 is 0 Å². The molecule has 2 aliphatic rings. The summed E-state index contributed by atoms with van der Waals surface area (Å²) in [5.74, 6) is -0.739. The summed E-state index contributed by atoms with van der Waals surface area (Å²) in [5, 5.41) is 0.303.